The molecule has 1 amide bonds. The molecule has 2 aliphatic rings. The Morgan fingerprint density at radius 3 is 2.60 bits per heavy atom. The Balaban J connectivity index is 1.61. The molecule has 0 radical (unpaired) electrons. The average Bonchev–Trinajstić information content (AvgIpc) is 2.76. The van der Waals surface area contributed by atoms with Crippen LogP contribution in [0.1, 0.15) is 52.4 Å². The highest BCUT2D eigenvalue weighted by atomic mass is 16.1. The van der Waals surface area contributed by atoms with E-state index in [1.54, 1.807) is 0 Å². The van der Waals surface area contributed by atoms with Crippen LogP contribution in [0.2, 0.25) is 0 Å². The number of piperidine rings is 1. The van der Waals surface area contributed by atoms with Crippen LogP contribution < -0.4 is 10.6 Å². The molecule has 2 bridgehead atoms. The summed E-state index contributed by atoms with van der Waals surface area (Å²) < 4.78 is 0. The molecule has 0 aromatic rings. The van der Waals surface area contributed by atoms with Gasteiger partial charge in [-0.2, -0.15) is 0 Å². The first-order valence-corrected chi connectivity index (χ1v) is 8.31. The van der Waals surface area contributed by atoms with E-state index in [1.165, 1.54) is 25.7 Å². The van der Waals surface area contributed by atoms with Gasteiger partial charge in [0.05, 0.1) is 0 Å². The van der Waals surface area contributed by atoms with Crippen LogP contribution in [-0.4, -0.2) is 49.1 Å². The first-order valence-electron chi connectivity index (χ1n) is 8.31. The molecule has 2 rings (SSSR count). The minimum atomic E-state index is 0.244. The molecule has 20 heavy (non-hydrogen) atoms. The fourth-order valence-electron chi connectivity index (χ4n) is 3.58. The minimum absolute atomic E-state index is 0.244. The van der Waals surface area contributed by atoms with Gasteiger partial charge in [0.1, 0.15) is 0 Å². The Hall–Kier alpha value is -0.610. The lowest BCUT2D eigenvalue weighted by molar-refractivity contribution is -0.122. The van der Waals surface area contributed by atoms with Crippen LogP contribution in [0.15, 0.2) is 0 Å². The fraction of sp³-hybridized carbons (Fsp3) is 0.938. The summed E-state index contributed by atoms with van der Waals surface area (Å²) in [6.45, 7) is 6.15. The number of hydrogen-bond donors (Lipinski definition) is 2. The highest BCUT2D eigenvalue weighted by molar-refractivity contribution is 5.76. The van der Waals surface area contributed by atoms with Gasteiger partial charge in [-0.25, -0.2) is 0 Å². The average molecular weight is 281 g/mol. The number of fused-ring (bicyclic) bond motifs is 2. The molecular weight excluding hydrogens is 250 g/mol. The van der Waals surface area contributed by atoms with Crippen molar-refractivity contribution in [1.29, 1.82) is 0 Å². The Labute approximate surface area is 123 Å². The quantitative estimate of drug-likeness (QED) is 0.747. The molecule has 0 spiro atoms. The first kappa shape index (κ1) is 15.8. The van der Waals surface area contributed by atoms with E-state index in [4.69, 9.17) is 0 Å². The number of carbonyl (C=O) groups is 1. The van der Waals surface area contributed by atoms with Crippen LogP contribution in [0.5, 0.6) is 0 Å². The Kier molecular flexibility index (Phi) is 5.85. The van der Waals surface area contributed by atoms with E-state index in [0.717, 1.165) is 25.9 Å². The lowest BCUT2D eigenvalue weighted by Gasteiger charge is -2.28. The lowest BCUT2D eigenvalue weighted by atomic mass is 9.89. The molecule has 2 heterocycles. The molecule has 116 valence electrons. The van der Waals surface area contributed by atoms with Gasteiger partial charge in [0.25, 0.3) is 0 Å². The lowest BCUT2D eigenvalue weighted by Crippen LogP contribution is -2.41. The summed E-state index contributed by atoms with van der Waals surface area (Å²) >= 11 is 0. The van der Waals surface area contributed by atoms with Crippen molar-refractivity contribution in [2.45, 2.75) is 70.5 Å². The van der Waals surface area contributed by atoms with Crippen molar-refractivity contribution in [3.63, 3.8) is 0 Å². The summed E-state index contributed by atoms with van der Waals surface area (Å²) in [5, 5.41) is 6.72. The Morgan fingerprint density at radius 1 is 1.35 bits per heavy atom. The molecular formula is C16H31N3O. The van der Waals surface area contributed by atoms with Gasteiger partial charge >= 0.3 is 0 Å². The fourth-order valence-corrected chi connectivity index (χ4v) is 3.58. The topological polar surface area (TPSA) is 44.4 Å². The van der Waals surface area contributed by atoms with E-state index < -0.39 is 0 Å². The highest BCUT2D eigenvalue weighted by Crippen LogP contribution is 2.32. The number of nitrogens with one attached hydrogen (secondary N) is 2. The molecule has 2 saturated heterocycles. The first-order chi connectivity index (χ1) is 9.58. The molecule has 3 unspecified atom stereocenters. The molecule has 0 aromatic heterocycles. The van der Waals surface area contributed by atoms with Crippen LogP contribution in [0.25, 0.3) is 0 Å². The molecule has 0 aliphatic carbocycles. The number of nitrogens with zero attached hydrogens (tertiary/aromatic N) is 1. The third kappa shape index (κ3) is 4.45. The van der Waals surface area contributed by atoms with E-state index in [0.29, 0.717) is 24.0 Å². The standard InChI is InChI=1S/C16H31N3O/c1-4-12(2)19(3)8-7-17-16(20)11-13-9-14-5-6-15(10-13)18-14/h12-15,18H,4-11H2,1-3H3,(H,17,20). The number of rotatable bonds is 7. The Morgan fingerprint density at radius 2 is 2.00 bits per heavy atom. The van der Waals surface area contributed by atoms with Gasteiger partial charge in [0.2, 0.25) is 5.91 Å². The van der Waals surface area contributed by atoms with Crippen molar-refractivity contribution in [3.05, 3.63) is 0 Å². The Bertz CT molecular complexity index is 309. The van der Waals surface area contributed by atoms with Gasteiger partial charge in [-0.05, 0) is 52.0 Å². The van der Waals surface area contributed by atoms with Gasteiger partial charge in [-0.15, -0.1) is 0 Å². The number of amides is 1. The summed E-state index contributed by atoms with van der Waals surface area (Å²) in [7, 11) is 2.13. The summed E-state index contributed by atoms with van der Waals surface area (Å²) in [6, 6.07) is 1.96. The zero-order valence-electron chi connectivity index (χ0n) is 13.3. The van der Waals surface area contributed by atoms with E-state index in [1.807, 2.05) is 0 Å². The maximum absolute atomic E-state index is 12.0. The summed E-state index contributed by atoms with van der Waals surface area (Å²) in [4.78, 5) is 14.3. The van der Waals surface area contributed by atoms with E-state index in [-0.39, 0.29) is 5.91 Å². The van der Waals surface area contributed by atoms with Crippen LogP contribution in [0, 0.1) is 5.92 Å². The van der Waals surface area contributed by atoms with Crippen molar-refractivity contribution in [2.75, 3.05) is 20.1 Å². The van der Waals surface area contributed by atoms with E-state index >= 15 is 0 Å². The maximum Gasteiger partial charge on any atom is 0.220 e. The van der Waals surface area contributed by atoms with Crippen molar-refractivity contribution in [3.8, 4) is 0 Å². The molecule has 2 N–H and O–H groups in total. The van der Waals surface area contributed by atoms with Gasteiger partial charge in [-0.1, -0.05) is 6.92 Å². The molecule has 2 fully saturated rings. The summed E-state index contributed by atoms with van der Waals surface area (Å²) in [5.74, 6) is 0.842. The number of likely N-dealkylation sites (N-methyl/N-ethyl adjacent to an activating group) is 1. The van der Waals surface area contributed by atoms with Crippen LogP contribution in [0.3, 0.4) is 0 Å². The van der Waals surface area contributed by atoms with E-state index in [2.05, 4.69) is 36.4 Å². The van der Waals surface area contributed by atoms with Crippen molar-refractivity contribution >= 4 is 5.91 Å². The summed E-state index contributed by atoms with van der Waals surface area (Å²) in [5.41, 5.74) is 0. The second kappa shape index (κ2) is 7.41. The third-order valence-corrected chi connectivity index (χ3v) is 5.17. The zero-order chi connectivity index (χ0) is 14.5. The third-order valence-electron chi connectivity index (χ3n) is 5.17. The SMILES string of the molecule is CCC(C)N(C)CCNC(=O)CC1CC2CCC(C1)N2. The smallest absolute Gasteiger partial charge is 0.220 e. The molecule has 3 atom stereocenters. The van der Waals surface area contributed by atoms with Gasteiger partial charge in [0.15, 0.2) is 0 Å². The van der Waals surface area contributed by atoms with Crippen molar-refractivity contribution < 1.29 is 4.79 Å². The predicted octanol–water partition coefficient (Wildman–Crippen LogP) is 1.75. The highest BCUT2D eigenvalue weighted by Gasteiger charge is 2.34. The minimum Gasteiger partial charge on any atom is -0.355 e. The van der Waals surface area contributed by atoms with Gasteiger partial charge < -0.3 is 15.5 Å². The molecule has 0 aromatic carbocycles. The number of hydrogen-bond acceptors (Lipinski definition) is 3. The predicted molar refractivity (Wildman–Crippen MR) is 82.7 cm³/mol. The van der Waals surface area contributed by atoms with Crippen molar-refractivity contribution in [2.24, 2.45) is 5.92 Å². The van der Waals surface area contributed by atoms with Gasteiger partial charge in [-0.3, -0.25) is 4.79 Å². The molecule has 0 saturated carbocycles. The second-order valence-electron chi connectivity index (χ2n) is 6.77. The monoisotopic (exact) mass is 281 g/mol. The van der Waals surface area contributed by atoms with E-state index in [9.17, 15) is 4.79 Å². The van der Waals surface area contributed by atoms with Crippen molar-refractivity contribution in [1.82, 2.24) is 15.5 Å². The van der Waals surface area contributed by atoms with Gasteiger partial charge in [0, 0.05) is 37.6 Å². The maximum atomic E-state index is 12.0. The van der Waals surface area contributed by atoms with Crippen LogP contribution in [0.4, 0.5) is 0 Å². The zero-order valence-corrected chi connectivity index (χ0v) is 13.3. The van der Waals surface area contributed by atoms with Crippen LogP contribution >= 0.6 is 0 Å². The molecule has 4 heteroatoms. The summed E-state index contributed by atoms with van der Waals surface area (Å²) in [6.07, 6.45) is 6.88. The number of carbonyl (C=O) groups excluding carboxylic acids is 1. The molecule has 2 aliphatic heterocycles. The molecule has 4 nitrogen and oxygen atoms in total. The largest absolute Gasteiger partial charge is 0.355 e. The normalized spacial score (nSPS) is 30.5. The second-order valence-corrected chi connectivity index (χ2v) is 6.77. The van der Waals surface area contributed by atoms with Crippen LogP contribution in [-0.2, 0) is 4.79 Å².